The third-order valence-corrected chi connectivity index (χ3v) is 4.17. The SMILES string of the molecule is CCN(Cc1nnc(-c2ccc(OC)c(OC)c2)o1)c1cccc(C)c1. The Labute approximate surface area is 153 Å². The van der Waals surface area contributed by atoms with Crippen LogP contribution in [0.5, 0.6) is 11.5 Å². The van der Waals surface area contributed by atoms with Gasteiger partial charge in [0.2, 0.25) is 11.8 Å². The first-order valence-electron chi connectivity index (χ1n) is 8.51. The molecule has 0 atom stereocenters. The second-order valence-electron chi connectivity index (χ2n) is 5.92. The number of methoxy groups -OCH3 is 2. The van der Waals surface area contributed by atoms with Crippen LogP contribution in [0.3, 0.4) is 0 Å². The molecule has 1 heterocycles. The number of hydrogen-bond acceptors (Lipinski definition) is 6. The third-order valence-electron chi connectivity index (χ3n) is 4.17. The molecule has 0 aliphatic rings. The van der Waals surface area contributed by atoms with E-state index in [4.69, 9.17) is 13.9 Å². The Kier molecular flexibility index (Phi) is 5.41. The summed E-state index contributed by atoms with van der Waals surface area (Å²) in [6, 6.07) is 13.9. The van der Waals surface area contributed by atoms with Gasteiger partial charge in [-0.25, -0.2) is 0 Å². The lowest BCUT2D eigenvalue weighted by molar-refractivity contribution is 0.355. The van der Waals surface area contributed by atoms with Gasteiger partial charge in [0.25, 0.3) is 0 Å². The van der Waals surface area contributed by atoms with E-state index in [0.717, 1.165) is 17.8 Å². The topological polar surface area (TPSA) is 60.6 Å². The lowest BCUT2D eigenvalue weighted by Crippen LogP contribution is -2.22. The van der Waals surface area contributed by atoms with E-state index in [1.54, 1.807) is 14.2 Å². The Morgan fingerprint density at radius 2 is 1.81 bits per heavy atom. The minimum absolute atomic E-state index is 0.459. The van der Waals surface area contributed by atoms with E-state index < -0.39 is 0 Å². The average molecular weight is 353 g/mol. The molecule has 0 radical (unpaired) electrons. The third kappa shape index (κ3) is 3.79. The summed E-state index contributed by atoms with van der Waals surface area (Å²) in [7, 11) is 3.20. The lowest BCUT2D eigenvalue weighted by atomic mass is 10.2. The van der Waals surface area contributed by atoms with Gasteiger partial charge in [0.1, 0.15) is 0 Å². The number of anilines is 1. The van der Waals surface area contributed by atoms with Crippen molar-refractivity contribution < 1.29 is 13.9 Å². The molecule has 0 bridgehead atoms. The first kappa shape index (κ1) is 17.8. The van der Waals surface area contributed by atoms with Crippen LogP contribution in [-0.4, -0.2) is 31.0 Å². The highest BCUT2D eigenvalue weighted by molar-refractivity contribution is 5.59. The maximum absolute atomic E-state index is 5.87. The van der Waals surface area contributed by atoms with Gasteiger partial charge in [0.05, 0.1) is 20.8 Å². The second-order valence-corrected chi connectivity index (χ2v) is 5.92. The Morgan fingerprint density at radius 3 is 2.50 bits per heavy atom. The average Bonchev–Trinajstić information content (AvgIpc) is 3.14. The molecular formula is C20H23N3O3. The smallest absolute Gasteiger partial charge is 0.247 e. The Hall–Kier alpha value is -3.02. The molecule has 2 aromatic carbocycles. The van der Waals surface area contributed by atoms with Crippen molar-refractivity contribution in [1.29, 1.82) is 0 Å². The summed E-state index contributed by atoms with van der Waals surface area (Å²) in [5.41, 5.74) is 3.15. The molecule has 136 valence electrons. The van der Waals surface area contributed by atoms with Crippen LogP contribution < -0.4 is 14.4 Å². The highest BCUT2D eigenvalue weighted by Crippen LogP contribution is 2.32. The first-order chi connectivity index (χ1) is 12.6. The van der Waals surface area contributed by atoms with Crippen LogP contribution in [0.1, 0.15) is 18.4 Å². The maximum atomic E-state index is 5.87. The molecule has 6 nitrogen and oxygen atoms in total. The monoisotopic (exact) mass is 353 g/mol. The molecule has 0 aliphatic carbocycles. The summed E-state index contributed by atoms with van der Waals surface area (Å²) in [6.07, 6.45) is 0. The summed E-state index contributed by atoms with van der Waals surface area (Å²) in [4.78, 5) is 2.19. The van der Waals surface area contributed by atoms with Gasteiger partial charge in [0, 0.05) is 17.8 Å². The second kappa shape index (κ2) is 7.91. The van der Waals surface area contributed by atoms with E-state index in [1.165, 1.54) is 5.56 Å². The Morgan fingerprint density at radius 1 is 1.00 bits per heavy atom. The molecule has 0 saturated carbocycles. The zero-order valence-electron chi connectivity index (χ0n) is 15.5. The number of nitrogens with zero attached hydrogens (tertiary/aromatic N) is 3. The number of hydrogen-bond donors (Lipinski definition) is 0. The van der Waals surface area contributed by atoms with Crippen LogP contribution in [0.15, 0.2) is 46.9 Å². The summed E-state index contributed by atoms with van der Waals surface area (Å²) in [5.74, 6) is 2.31. The lowest BCUT2D eigenvalue weighted by Gasteiger charge is -2.21. The standard InChI is InChI=1S/C20H23N3O3/c1-5-23(16-8-6-7-14(2)11-16)13-19-21-22-20(26-19)15-9-10-17(24-3)18(12-15)25-4/h6-12H,5,13H2,1-4H3. The zero-order chi connectivity index (χ0) is 18.5. The van der Waals surface area contributed by atoms with Gasteiger partial charge < -0.3 is 18.8 Å². The molecule has 3 rings (SSSR count). The zero-order valence-corrected chi connectivity index (χ0v) is 15.5. The van der Waals surface area contributed by atoms with Gasteiger partial charge >= 0.3 is 0 Å². The van der Waals surface area contributed by atoms with E-state index in [2.05, 4.69) is 53.2 Å². The van der Waals surface area contributed by atoms with Crippen LogP contribution in [0.2, 0.25) is 0 Å². The largest absolute Gasteiger partial charge is 0.493 e. The summed E-state index contributed by atoms with van der Waals surface area (Å²) >= 11 is 0. The molecule has 1 aromatic heterocycles. The molecular weight excluding hydrogens is 330 g/mol. The van der Waals surface area contributed by atoms with E-state index in [-0.39, 0.29) is 0 Å². The fourth-order valence-corrected chi connectivity index (χ4v) is 2.78. The van der Waals surface area contributed by atoms with Crippen LogP contribution in [0.4, 0.5) is 5.69 Å². The molecule has 3 aromatic rings. The van der Waals surface area contributed by atoms with Gasteiger partial charge in [-0.2, -0.15) is 0 Å². The molecule has 0 saturated heterocycles. The summed E-state index contributed by atoms with van der Waals surface area (Å²) in [5, 5.41) is 8.37. The highest BCUT2D eigenvalue weighted by atomic mass is 16.5. The molecule has 0 N–H and O–H groups in total. The van der Waals surface area contributed by atoms with Crippen molar-refractivity contribution in [2.24, 2.45) is 0 Å². The van der Waals surface area contributed by atoms with Crippen LogP contribution in [-0.2, 0) is 6.54 Å². The molecule has 0 aliphatic heterocycles. The fraction of sp³-hybridized carbons (Fsp3) is 0.300. The molecule has 26 heavy (non-hydrogen) atoms. The van der Waals surface area contributed by atoms with Crippen molar-refractivity contribution in [2.75, 3.05) is 25.7 Å². The number of benzene rings is 2. The van der Waals surface area contributed by atoms with Crippen LogP contribution >= 0.6 is 0 Å². The molecule has 0 unspecified atom stereocenters. The Balaban J connectivity index is 1.81. The van der Waals surface area contributed by atoms with Crippen molar-refractivity contribution >= 4 is 5.69 Å². The van der Waals surface area contributed by atoms with Gasteiger partial charge in [-0.05, 0) is 49.7 Å². The van der Waals surface area contributed by atoms with Crippen molar-refractivity contribution in [3.63, 3.8) is 0 Å². The molecule has 0 amide bonds. The van der Waals surface area contributed by atoms with Crippen LogP contribution in [0, 0.1) is 6.92 Å². The quantitative estimate of drug-likeness (QED) is 0.638. The minimum Gasteiger partial charge on any atom is -0.493 e. The van der Waals surface area contributed by atoms with Crippen molar-refractivity contribution in [1.82, 2.24) is 10.2 Å². The van der Waals surface area contributed by atoms with Crippen LogP contribution in [0.25, 0.3) is 11.5 Å². The fourth-order valence-electron chi connectivity index (χ4n) is 2.78. The number of rotatable bonds is 7. The predicted octanol–water partition coefficient (Wildman–Crippen LogP) is 4.09. The summed E-state index contributed by atoms with van der Waals surface area (Å²) in [6.45, 7) is 5.59. The molecule has 0 fully saturated rings. The van der Waals surface area contributed by atoms with E-state index in [9.17, 15) is 0 Å². The summed E-state index contributed by atoms with van der Waals surface area (Å²) < 4.78 is 16.5. The molecule has 0 spiro atoms. The number of aryl methyl sites for hydroxylation is 1. The van der Waals surface area contributed by atoms with Gasteiger partial charge in [-0.3, -0.25) is 0 Å². The normalized spacial score (nSPS) is 10.6. The van der Waals surface area contributed by atoms with Crippen molar-refractivity contribution in [2.45, 2.75) is 20.4 Å². The number of aromatic nitrogens is 2. The van der Waals surface area contributed by atoms with E-state index in [1.807, 2.05) is 18.2 Å². The molecule has 6 heteroatoms. The van der Waals surface area contributed by atoms with E-state index >= 15 is 0 Å². The Bertz CT molecular complexity index is 876. The van der Waals surface area contributed by atoms with Crippen molar-refractivity contribution in [3.05, 3.63) is 53.9 Å². The van der Waals surface area contributed by atoms with E-state index in [0.29, 0.717) is 29.8 Å². The first-order valence-corrected chi connectivity index (χ1v) is 8.51. The highest BCUT2D eigenvalue weighted by Gasteiger charge is 2.14. The van der Waals surface area contributed by atoms with Gasteiger partial charge in [0.15, 0.2) is 11.5 Å². The number of ether oxygens (including phenoxy) is 2. The van der Waals surface area contributed by atoms with Gasteiger partial charge in [-0.1, -0.05) is 12.1 Å². The minimum atomic E-state index is 0.459. The predicted molar refractivity (Wildman–Crippen MR) is 101 cm³/mol. The van der Waals surface area contributed by atoms with Gasteiger partial charge in [-0.15, -0.1) is 10.2 Å². The maximum Gasteiger partial charge on any atom is 0.247 e. The van der Waals surface area contributed by atoms with Crippen molar-refractivity contribution in [3.8, 4) is 23.0 Å².